The van der Waals surface area contributed by atoms with E-state index in [9.17, 15) is 19.6 Å². The summed E-state index contributed by atoms with van der Waals surface area (Å²) in [7, 11) is 0. The molecule has 2 fully saturated rings. The molecule has 2 aliphatic heterocycles. The Hall–Kier alpha value is -3.73. The smallest absolute Gasteiger partial charge is 0.410 e. The Kier molecular flexibility index (Phi) is 5.51. The van der Waals surface area contributed by atoms with Crippen LogP contribution in [0.1, 0.15) is 41.0 Å². The number of nitriles is 1. The number of amides is 1. The Morgan fingerprint density at radius 1 is 1.03 bits per heavy atom. The highest BCUT2D eigenvalue weighted by Gasteiger charge is 2.50. The third-order valence-electron chi connectivity index (χ3n) is 7.73. The predicted octanol–water partition coefficient (Wildman–Crippen LogP) is 4.70. The maximum absolute atomic E-state index is 14.3. The van der Waals surface area contributed by atoms with Gasteiger partial charge in [-0.1, -0.05) is 60.7 Å². The van der Waals surface area contributed by atoms with Crippen molar-refractivity contribution in [2.24, 2.45) is 0 Å². The van der Waals surface area contributed by atoms with Crippen LogP contribution >= 0.6 is 0 Å². The van der Waals surface area contributed by atoms with Gasteiger partial charge in [-0.2, -0.15) is 5.26 Å². The van der Waals surface area contributed by atoms with E-state index in [0.29, 0.717) is 0 Å². The topological polar surface area (TPSA) is 82.8 Å². The van der Waals surface area contributed by atoms with Crippen LogP contribution in [0.15, 0.2) is 66.7 Å². The van der Waals surface area contributed by atoms with Gasteiger partial charge in [0.1, 0.15) is 18.5 Å². The van der Waals surface area contributed by atoms with E-state index in [1.54, 1.807) is 11.0 Å². The first kappa shape index (κ1) is 22.7. The molecule has 0 aromatic heterocycles. The molecule has 1 amide bonds. The van der Waals surface area contributed by atoms with Crippen molar-refractivity contribution in [3.63, 3.8) is 0 Å². The summed E-state index contributed by atoms with van der Waals surface area (Å²) >= 11 is 0. The molecule has 2 saturated heterocycles. The third kappa shape index (κ3) is 3.57. The molecule has 36 heavy (non-hydrogen) atoms. The van der Waals surface area contributed by atoms with Crippen molar-refractivity contribution in [1.82, 2.24) is 4.90 Å². The highest BCUT2D eigenvalue weighted by atomic mass is 19.1. The van der Waals surface area contributed by atoms with Crippen LogP contribution in [0.2, 0.25) is 0 Å². The van der Waals surface area contributed by atoms with Crippen molar-refractivity contribution in [2.75, 3.05) is 19.8 Å². The van der Waals surface area contributed by atoms with Gasteiger partial charge in [0.15, 0.2) is 0 Å². The fourth-order valence-corrected chi connectivity index (χ4v) is 6.19. The monoisotopic (exact) mass is 484 g/mol. The van der Waals surface area contributed by atoms with Gasteiger partial charge >= 0.3 is 6.09 Å². The van der Waals surface area contributed by atoms with E-state index in [0.717, 1.165) is 22.3 Å². The second-order valence-electron chi connectivity index (χ2n) is 9.77. The Morgan fingerprint density at radius 3 is 2.25 bits per heavy atom. The number of rotatable bonds is 3. The van der Waals surface area contributed by atoms with Gasteiger partial charge in [0.2, 0.25) is 0 Å². The number of nitrogens with zero attached hydrogens (tertiary/aromatic N) is 2. The van der Waals surface area contributed by atoms with Crippen LogP contribution in [0.25, 0.3) is 11.1 Å². The molecule has 6 rings (SSSR count). The van der Waals surface area contributed by atoms with Gasteiger partial charge in [-0.3, -0.25) is 4.90 Å². The molecule has 0 saturated carbocycles. The fraction of sp³-hybridized carbons (Fsp3) is 0.310. The van der Waals surface area contributed by atoms with Crippen LogP contribution in [-0.4, -0.2) is 48.0 Å². The molecular formula is C29H25FN2O4. The molecule has 3 aromatic rings. The van der Waals surface area contributed by atoms with E-state index >= 15 is 0 Å². The maximum atomic E-state index is 14.3. The molecular weight excluding hydrogens is 459 g/mol. The second-order valence-corrected chi connectivity index (χ2v) is 9.77. The molecule has 3 aromatic carbocycles. The van der Waals surface area contributed by atoms with Crippen molar-refractivity contribution in [3.05, 3.63) is 94.8 Å². The molecule has 6 nitrogen and oxygen atoms in total. The first-order chi connectivity index (χ1) is 17.5. The molecule has 2 unspecified atom stereocenters. The first-order valence-electron chi connectivity index (χ1n) is 12.1. The van der Waals surface area contributed by atoms with E-state index in [1.165, 1.54) is 12.1 Å². The molecule has 1 aliphatic carbocycles. The lowest BCUT2D eigenvalue weighted by molar-refractivity contribution is -0.136. The number of carbonyl (C=O) groups is 1. The van der Waals surface area contributed by atoms with Crippen LogP contribution in [0.3, 0.4) is 0 Å². The summed E-state index contributed by atoms with van der Waals surface area (Å²) in [5.74, 6) is -0.714. The highest BCUT2D eigenvalue weighted by molar-refractivity contribution is 5.79. The van der Waals surface area contributed by atoms with Gasteiger partial charge in [-0.25, -0.2) is 9.18 Å². The van der Waals surface area contributed by atoms with E-state index in [-0.39, 0.29) is 49.7 Å². The minimum Gasteiger partial charge on any atom is -0.448 e. The number of benzene rings is 3. The molecule has 7 heteroatoms. The minimum atomic E-state index is -1.44. The molecule has 2 atom stereocenters. The van der Waals surface area contributed by atoms with Crippen molar-refractivity contribution >= 4 is 6.09 Å². The van der Waals surface area contributed by atoms with Gasteiger partial charge in [-0.15, -0.1) is 0 Å². The van der Waals surface area contributed by atoms with E-state index in [1.807, 2.05) is 30.3 Å². The zero-order valence-corrected chi connectivity index (χ0v) is 19.6. The zero-order valence-electron chi connectivity index (χ0n) is 19.6. The van der Waals surface area contributed by atoms with Crippen LogP contribution in [0, 0.1) is 17.1 Å². The first-order valence-corrected chi connectivity index (χ1v) is 12.1. The average Bonchev–Trinajstić information content (AvgIpc) is 3.20. The summed E-state index contributed by atoms with van der Waals surface area (Å²) < 4.78 is 25.9. The number of hydrogen-bond acceptors (Lipinski definition) is 5. The van der Waals surface area contributed by atoms with E-state index in [4.69, 9.17) is 9.47 Å². The van der Waals surface area contributed by atoms with Crippen molar-refractivity contribution in [1.29, 1.82) is 5.26 Å². The summed E-state index contributed by atoms with van der Waals surface area (Å²) in [5, 5.41) is 21.0. The zero-order chi connectivity index (χ0) is 24.9. The standard InChI is InChI=1S/C29H25FN2O4/c30-27-11-5-10-26(24(27)14-31)29(34)12-18-15-35-16-19(13-29)32(18)28(33)36-17-25-22-8-3-1-6-20(22)21-7-2-4-9-23(21)25/h1-11,18-19,25,34H,12-13,15-17H2. The van der Waals surface area contributed by atoms with Gasteiger partial charge in [0, 0.05) is 24.3 Å². The molecule has 0 spiro atoms. The normalized spacial score (nSPS) is 24.5. The number of halogens is 1. The number of fused-ring (bicyclic) bond motifs is 5. The fourth-order valence-electron chi connectivity index (χ4n) is 6.19. The van der Waals surface area contributed by atoms with Crippen LogP contribution < -0.4 is 0 Å². The Balaban J connectivity index is 1.22. The summed E-state index contributed by atoms with van der Waals surface area (Å²) in [6.45, 7) is 0.677. The van der Waals surface area contributed by atoms with E-state index < -0.39 is 29.6 Å². The number of hydrogen-bond donors (Lipinski definition) is 1. The van der Waals surface area contributed by atoms with Crippen molar-refractivity contribution < 1.29 is 23.8 Å². The average molecular weight is 485 g/mol. The Labute approximate surface area is 208 Å². The molecule has 2 heterocycles. The van der Waals surface area contributed by atoms with Crippen LogP contribution in [0.5, 0.6) is 0 Å². The summed E-state index contributed by atoms with van der Waals surface area (Å²) in [5.41, 5.74) is 3.25. The van der Waals surface area contributed by atoms with Crippen molar-refractivity contribution in [2.45, 2.75) is 36.4 Å². The molecule has 2 bridgehead atoms. The van der Waals surface area contributed by atoms with Gasteiger partial charge in [0.05, 0.1) is 36.5 Å². The SMILES string of the molecule is N#Cc1c(F)cccc1C1(O)CC2COCC(C1)N2C(=O)OCC1c2ccccc2-c2ccccc21. The molecule has 182 valence electrons. The quantitative estimate of drug-likeness (QED) is 0.583. The lowest BCUT2D eigenvalue weighted by atomic mass is 9.75. The van der Waals surface area contributed by atoms with Crippen LogP contribution in [0.4, 0.5) is 9.18 Å². The Bertz CT molecular complexity index is 1320. The molecule has 3 aliphatic rings. The van der Waals surface area contributed by atoms with Gasteiger partial charge in [0.25, 0.3) is 0 Å². The summed E-state index contributed by atoms with van der Waals surface area (Å²) in [4.78, 5) is 15.0. The Morgan fingerprint density at radius 2 is 1.64 bits per heavy atom. The van der Waals surface area contributed by atoms with Gasteiger partial charge in [-0.05, 0) is 28.3 Å². The maximum Gasteiger partial charge on any atom is 0.410 e. The minimum absolute atomic E-state index is 0.0513. The van der Waals surface area contributed by atoms with Crippen LogP contribution in [-0.2, 0) is 15.1 Å². The number of piperidine rings is 1. The van der Waals surface area contributed by atoms with Gasteiger partial charge < -0.3 is 14.6 Å². The molecule has 1 N–H and O–H groups in total. The largest absolute Gasteiger partial charge is 0.448 e. The van der Waals surface area contributed by atoms with E-state index in [2.05, 4.69) is 24.3 Å². The lowest BCUT2D eigenvalue weighted by Crippen LogP contribution is -2.62. The number of carbonyl (C=O) groups excluding carboxylic acids is 1. The summed E-state index contributed by atoms with van der Waals surface area (Å²) in [6.07, 6.45) is -0.186. The number of ether oxygens (including phenoxy) is 2. The number of morpholine rings is 1. The lowest BCUT2D eigenvalue weighted by Gasteiger charge is -2.51. The second kappa shape index (κ2) is 8.74. The number of aliphatic hydroxyl groups is 1. The predicted molar refractivity (Wildman–Crippen MR) is 130 cm³/mol. The molecule has 0 radical (unpaired) electrons. The van der Waals surface area contributed by atoms with Crippen molar-refractivity contribution in [3.8, 4) is 17.2 Å². The summed E-state index contributed by atoms with van der Waals surface area (Å²) in [6, 6.07) is 21.6. The third-order valence-corrected chi connectivity index (χ3v) is 7.73. The highest BCUT2D eigenvalue weighted by Crippen LogP contribution is 2.45.